The van der Waals surface area contributed by atoms with E-state index >= 15 is 0 Å². The summed E-state index contributed by atoms with van der Waals surface area (Å²) in [5.41, 5.74) is 5.21. The highest BCUT2D eigenvalue weighted by Gasteiger charge is 2.31. The summed E-state index contributed by atoms with van der Waals surface area (Å²) in [6.07, 6.45) is 0. The zero-order chi connectivity index (χ0) is 23.5. The van der Waals surface area contributed by atoms with Gasteiger partial charge >= 0.3 is 0 Å². The van der Waals surface area contributed by atoms with Crippen LogP contribution in [0.25, 0.3) is 0 Å². The van der Waals surface area contributed by atoms with Crippen LogP contribution in [0, 0.1) is 13.8 Å². The number of hydrogen-bond donors (Lipinski definition) is 0. The number of tetrazole rings is 1. The number of aromatic nitrogens is 4. The standard InChI is InChI=1S/C26H30N6OS/c1-19-6-4-8-24(20(19)2)30-13-15-31(16-14-30)25(21-9-11-22(33-3)12-10-21)26-27-28-29-32(26)18-23-7-5-17-34-23/h4-12,17,25H,13-16,18H2,1-3H3/t25-/m1/s1. The largest absolute Gasteiger partial charge is 0.497 e. The molecule has 5 rings (SSSR count). The van der Waals surface area contributed by atoms with Crippen LogP contribution < -0.4 is 9.64 Å². The van der Waals surface area contributed by atoms with E-state index in [2.05, 4.69) is 87.0 Å². The predicted molar refractivity (Wildman–Crippen MR) is 136 cm³/mol. The topological polar surface area (TPSA) is 59.3 Å². The van der Waals surface area contributed by atoms with Gasteiger partial charge in [0.1, 0.15) is 5.75 Å². The Kier molecular flexibility index (Phi) is 6.60. The van der Waals surface area contributed by atoms with Crippen molar-refractivity contribution in [1.82, 2.24) is 25.1 Å². The van der Waals surface area contributed by atoms with E-state index in [0.29, 0.717) is 6.54 Å². The minimum Gasteiger partial charge on any atom is -0.497 e. The molecule has 0 saturated carbocycles. The molecule has 7 nitrogen and oxygen atoms in total. The molecule has 1 aliphatic heterocycles. The first-order chi connectivity index (χ1) is 16.6. The quantitative estimate of drug-likeness (QED) is 0.398. The van der Waals surface area contributed by atoms with Crippen molar-refractivity contribution < 1.29 is 4.74 Å². The molecule has 1 atom stereocenters. The Labute approximate surface area is 204 Å². The van der Waals surface area contributed by atoms with Gasteiger partial charge in [0.25, 0.3) is 0 Å². The second-order valence-electron chi connectivity index (χ2n) is 8.69. The molecule has 0 aliphatic carbocycles. The molecule has 0 N–H and O–H groups in total. The highest BCUT2D eigenvalue weighted by atomic mass is 32.1. The summed E-state index contributed by atoms with van der Waals surface area (Å²) in [6.45, 7) is 8.85. The monoisotopic (exact) mass is 474 g/mol. The number of anilines is 1. The number of piperazine rings is 1. The average Bonchev–Trinajstić information content (AvgIpc) is 3.55. The van der Waals surface area contributed by atoms with Crippen LogP contribution in [0.2, 0.25) is 0 Å². The van der Waals surface area contributed by atoms with Gasteiger partial charge < -0.3 is 9.64 Å². The van der Waals surface area contributed by atoms with E-state index in [4.69, 9.17) is 4.74 Å². The van der Waals surface area contributed by atoms with E-state index in [9.17, 15) is 0 Å². The van der Waals surface area contributed by atoms with Crippen LogP contribution in [-0.2, 0) is 6.54 Å². The number of methoxy groups -OCH3 is 1. The minimum atomic E-state index is -0.0263. The van der Waals surface area contributed by atoms with Gasteiger partial charge in [-0.15, -0.1) is 16.4 Å². The van der Waals surface area contributed by atoms with Crippen molar-refractivity contribution >= 4 is 17.0 Å². The molecular weight excluding hydrogens is 444 g/mol. The maximum atomic E-state index is 5.40. The first-order valence-corrected chi connectivity index (χ1v) is 12.5. The summed E-state index contributed by atoms with van der Waals surface area (Å²) >= 11 is 1.73. The van der Waals surface area contributed by atoms with E-state index < -0.39 is 0 Å². The summed E-state index contributed by atoms with van der Waals surface area (Å²) in [7, 11) is 1.70. The van der Waals surface area contributed by atoms with Gasteiger partial charge in [0.2, 0.25) is 0 Å². The van der Waals surface area contributed by atoms with Gasteiger partial charge in [-0.1, -0.05) is 30.3 Å². The molecule has 3 heterocycles. The fourth-order valence-electron chi connectivity index (χ4n) is 4.68. The van der Waals surface area contributed by atoms with Gasteiger partial charge in [0.05, 0.1) is 19.7 Å². The van der Waals surface area contributed by atoms with Gasteiger partial charge in [-0.3, -0.25) is 4.90 Å². The Morgan fingerprint density at radius 2 is 1.76 bits per heavy atom. The molecule has 1 fully saturated rings. The lowest BCUT2D eigenvalue weighted by Crippen LogP contribution is -2.48. The van der Waals surface area contributed by atoms with E-state index in [1.807, 2.05) is 16.8 Å². The molecule has 4 aromatic rings. The maximum absolute atomic E-state index is 5.40. The van der Waals surface area contributed by atoms with Crippen LogP contribution >= 0.6 is 11.3 Å². The van der Waals surface area contributed by atoms with E-state index in [0.717, 1.165) is 37.8 Å². The van der Waals surface area contributed by atoms with Gasteiger partial charge in [0.15, 0.2) is 5.82 Å². The molecule has 0 unspecified atom stereocenters. The third kappa shape index (κ3) is 4.56. The highest BCUT2D eigenvalue weighted by Crippen LogP contribution is 2.31. The molecule has 8 heteroatoms. The van der Waals surface area contributed by atoms with Crippen molar-refractivity contribution in [3.8, 4) is 5.75 Å². The lowest BCUT2D eigenvalue weighted by atomic mass is 10.0. The fourth-order valence-corrected chi connectivity index (χ4v) is 5.36. The average molecular weight is 475 g/mol. The predicted octanol–water partition coefficient (Wildman–Crippen LogP) is 4.32. The van der Waals surface area contributed by atoms with Crippen molar-refractivity contribution in [3.05, 3.63) is 87.4 Å². The van der Waals surface area contributed by atoms with Crippen LogP contribution in [0.15, 0.2) is 60.0 Å². The number of nitrogens with zero attached hydrogens (tertiary/aromatic N) is 6. The molecule has 0 amide bonds. The zero-order valence-corrected chi connectivity index (χ0v) is 20.7. The van der Waals surface area contributed by atoms with E-state index in [1.165, 1.54) is 27.3 Å². The smallest absolute Gasteiger partial charge is 0.173 e. The van der Waals surface area contributed by atoms with Crippen LogP contribution in [0.1, 0.15) is 33.4 Å². The van der Waals surface area contributed by atoms with Crippen molar-refractivity contribution in [3.63, 3.8) is 0 Å². The second kappa shape index (κ2) is 9.95. The molecule has 0 bridgehead atoms. The summed E-state index contributed by atoms with van der Waals surface area (Å²) in [5, 5.41) is 15.0. The molecule has 2 aromatic carbocycles. The Hall–Kier alpha value is -3.23. The molecule has 0 spiro atoms. The highest BCUT2D eigenvalue weighted by molar-refractivity contribution is 7.09. The number of rotatable bonds is 7. The van der Waals surface area contributed by atoms with Crippen LogP contribution in [0.5, 0.6) is 5.75 Å². The number of hydrogen-bond acceptors (Lipinski definition) is 7. The van der Waals surface area contributed by atoms with Gasteiger partial charge in [0, 0.05) is 36.7 Å². The van der Waals surface area contributed by atoms with Crippen LogP contribution in [-0.4, -0.2) is 58.4 Å². The molecule has 1 aliphatic rings. The van der Waals surface area contributed by atoms with Gasteiger partial charge in [-0.05, 0) is 70.6 Å². The molecular formula is C26H30N6OS. The Balaban J connectivity index is 1.43. The van der Waals surface area contributed by atoms with E-state index in [-0.39, 0.29) is 6.04 Å². The lowest BCUT2D eigenvalue weighted by Gasteiger charge is -2.40. The zero-order valence-electron chi connectivity index (χ0n) is 19.9. The Morgan fingerprint density at radius 1 is 0.971 bits per heavy atom. The third-order valence-electron chi connectivity index (χ3n) is 6.72. The summed E-state index contributed by atoms with van der Waals surface area (Å²) in [4.78, 5) is 6.24. The van der Waals surface area contributed by atoms with Crippen molar-refractivity contribution in [2.75, 3.05) is 38.2 Å². The fraction of sp³-hybridized carbons (Fsp3) is 0.346. The van der Waals surface area contributed by atoms with Crippen molar-refractivity contribution in [2.45, 2.75) is 26.4 Å². The Bertz CT molecular complexity index is 1210. The molecule has 34 heavy (non-hydrogen) atoms. The minimum absolute atomic E-state index is 0.0263. The van der Waals surface area contributed by atoms with E-state index in [1.54, 1.807) is 18.4 Å². The molecule has 0 radical (unpaired) electrons. The molecule has 2 aromatic heterocycles. The number of aryl methyl sites for hydroxylation is 1. The first-order valence-electron chi connectivity index (χ1n) is 11.6. The number of thiophene rings is 1. The van der Waals surface area contributed by atoms with Gasteiger partial charge in [-0.2, -0.15) is 0 Å². The SMILES string of the molecule is COc1ccc([C@H](c2nnnn2Cc2cccs2)N2CCN(c3cccc(C)c3C)CC2)cc1. The first kappa shape index (κ1) is 22.6. The van der Waals surface area contributed by atoms with Crippen LogP contribution in [0.3, 0.4) is 0 Å². The van der Waals surface area contributed by atoms with Crippen molar-refractivity contribution in [1.29, 1.82) is 0 Å². The Morgan fingerprint density at radius 3 is 2.47 bits per heavy atom. The van der Waals surface area contributed by atoms with Crippen molar-refractivity contribution in [2.24, 2.45) is 0 Å². The maximum Gasteiger partial charge on any atom is 0.173 e. The molecule has 176 valence electrons. The molecule has 1 saturated heterocycles. The normalized spacial score (nSPS) is 15.4. The summed E-state index contributed by atoms with van der Waals surface area (Å²) < 4.78 is 7.34. The third-order valence-corrected chi connectivity index (χ3v) is 7.58. The van der Waals surface area contributed by atoms with Gasteiger partial charge in [-0.25, -0.2) is 4.68 Å². The number of benzene rings is 2. The summed E-state index contributed by atoms with van der Waals surface area (Å²) in [6, 6.07) is 19.0. The second-order valence-corrected chi connectivity index (χ2v) is 9.72. The van der Waals surface area contributed by atoms with Crippen LogP contribution in [0.4, 0.5) is 5.69 Å². The summed E-state index contributed by atoms with van der Waals surface area (Å²) in [5.74, 6) is 1.72. The lowest BCUT2D eigenvalue weighted by molar-refractivity contribution is 0.201. The number of ether oxygens (including phenoxy) is 1.